The summed E-state index contributed by atoms with van der Waals surface area (Å²) in [5.41, 5.74) is 15.8. The van der Waals surface area contributed by atoms with Crippen LogP contribution in [0, 0.1) is 0 Å². The molecule has 0 spiro atoms. The summed E-state index contributed by atoms with van der Waals surface area (Å²) in [5.74, 6) is 1.00. The zero-order valence-electron chi connectivity index (χ0n) is 34.5. The number of hydrogen-bond acceptors (Lipinski definition) is 6. The number of nitrogens with zero attached hydrogens (tertiary/aromatic N) is 2. The van der Waals surface area contributed by atoms with Crippen molar-refractivity contribution in [3.05, 3.63) is 192 Å². The summed E-state index contributed by atoms with van der Waals surface area (Å²) in [4.78, 5) is 30.4. The van der Waals surface area contributed by atoms with Gasteiger partial charge in [-0.05, 0) is 114 Å². The molecular weight excluding hydrogens is 781 g/mol. The lowest BCUT2D eigenvalue weighted by Crippen LogP contribution is -2.09. The fraction of sp³-hybridized carbons (Fsp3) is 0.0727. The van der Waals surface area contributed by atoms with Gasteiger partial charge in [0.2, 0.25) is 0 Å². The zero-order chi connectivity index (χ0) is 42.5. The first kappa shape index (κ1) is 38.9. The summed E-state index contributed by atoms with van der Waals surface area (Å²) >= 11 is 0. The predicted octanol–water partition coefficient (Wildman–Crippen LogP) is 13.0. The van der Waals surface area contributed by atoms with E-state index < -0.39 is 0 Å². The summed E-state index contributed by atoms with van der Waals surface area (Å²) in [6.07, 6.45) is 8.44. The van der Waals surface area contributed by atoms with E-state index in [0.29, 0.717) is 36.9 Å². The topological polar surface area (TPSA) is 102 Å². The van der Waals surface area contributed by atoms with Crippen LogP contribution in [0.15, 0.2) is 164 Å². The molecule has 5 heterocycles. The first-order valence-corrected chi connectivity index (χ1v) is 21.1. The number of rotatable bonds is 11. The molecular formula is C55H42N4O4. The van der Waals surface area contributed by atoms with Crippen molar-refractivity contribution in [2.24, 2.45) is 0 Å². The van der Waals surface area contributed by atoms with Gasteiger partial charge in [-0.2, -0.15) is 0 Å². The Hall–Kier alpha value is -8.23. The van der Waals surface area contributed by atoms with Gasteiger partial charge in [-0.1, -0.05) is 103 Å². The average Bonchev–Trinajstić information content (AvgIpc) is 4.18. The van der Waals surface area contributed by atoms with E-state index in [9.17, 15) is 4.79 Å². The first-order chi connectivity index (χ1) is 31.1. The quantitative estimate of drug-likeness (QED) is 0.0995. The van der Waals surface area contributed by atoms with E-state index in [1.165, 1.54) is 0 Å². The standard InChI is InChI=1S/C55H42N4O4/c1-2-61-55(60)40-20-24-42(25-21-40)63-35-34-62-41-22-18-39(19-23-41)54-49-32-30-47(58-49)52(37-14-8-4-9-15-37)45-28-26-43(56-45)51(36-12-6-3-7-13-36)44-27-29-46(57-44)53(38-16-10-5-11-17-38)48-31-33-50(54)59-48/h3-33,56,59H,2,34-35H2,1H3. The molecule has 10 rings (SSSR count). The van der Waals surface area contributed by atoms with Crippen molar-refractivity contribution in [3.8, 4) is 56.0 Å². The van der Waals surface area contributed by atoms with Gasteiger partial charge in [0.1, 0.15) is 24.7 Å². The van der Waals surface area contributed by atoms with Crippen LogP contribution in [-0.4, -0.2) is 45.7 Å². The Bertz CT molecular complexity index is 3130. The Balaban J connectivity index is 1.10. The average molecular weight is 823 g/mol. The maximum atomic E-state index is 12.0. The second kappa shape index (κ2) is 17.4. The van der Waals surface area contributed by atoms with Gasteiger partial charge in [0, 0.05) is 44.3 Å². The molecule has 8 bridgehead atoms. The number of benzene rings is 5. The van der Waals surface area contributed by atoms with Crippen molar-refractivity contribution in [1.82, 2.24) is 19.9 Å². The molecule has 8 heteroatoms. The van der Waals surface area contributed by atoms with E-state index in [2.05, 4.69) is 143 Å². The highest BCUT2D eigenvalue weighted by Crippen LogP contribution is 2.38. The van der Waals surface area contributed by atoms with Crippen molar-refractivity contribution >= 4 is 52.3 Å². The van der Waals surface area contributed by atoms with Crippen LogP contribution in [0.2, 0.25) is 0 Å². The molecule has 0 saturated heterocycles. The number of ether oxygens (including phenoxy) is 3. The molecule has 0 aliphatic carbocycles. The van der Waals surface area contributed by atoms with Crippen molar-refractivity contribution in [2.75, 3.05) is 19.8 Å². The molecule has 5 aromatic carbocycles. The number of carbonyl (C=O) groups excluding carboxylic acids is 1. The number of H-pyrrole nitrogens is 2. The van der Waals surface area contributed by atoms with Gasteiger partial charge in [0.15, 0.2) is 0 Å². The lowest BCUT2D eigenvalue weighted by Gasteiger charge is -2.10. The predicted molar refractivity (Wildman–Crippen MR) is 254 cm³/mol. The van der Waals surface area contributed by atoms with Gasteiger partial charge in [-0.15, -0.1) is 0 Å². The second-order valence-electron chi connectivity index (χ2n) is 15.1. The van der Waals surface area contributed by atoms with E-state index in [0.717, 1.165) is 89.4 Å². The van der Waals surface area contributed by atoms with Crippen LogP contribution >= 0.6 is 0 Å². The van der Waals surface area contributed by atoms with Crippen LogP contribution in [0.1, 0.15) is 40.1 Å². The van der Waals surface area contributed by atoms with Crippen molar-refractivity contribution in [2.45, 2.75) is 6.92 Å². The third-order valence-corrected chi connectivity index (χ3v) is 11.1. The van der Waals surface area contributed by atoms with Crippen LogP contribution < -0.4 is 9.47 Å². The normalized spacial score (nSPS) is 11.7. The number of aromatic amines is 2. The monoisotopic (exact) mass is 822 g/mol. The minimum atomic E-state index is -0.353. The molecule has 0 fully saturated rings. The molecule has 0 amide bonds. The number of nitrogens with one attached hydrogen (secondary N) is 2. The first-order valence-electron chi connectivity index (χ1n) is 21.1. The number of hydrogen-bond donors (Lipinski definition) is 2. The highest BCUT2D eigenvalue weighted by atomic mass is 16.5. The van der Waals surface area contributed by atoms with Crippen LogP contribution in [-0.2, 0) is 4.74 Å². The SMILES string of the molecule is CCOC(=O)c1ccc(OCCOc2ccc(-c3c4nc(c(-c5ccccc5)c5ccc([nH]5)c(-c5ccccc5)c5nc(c(-c6ccccc6)c6ccc3[nH]6)C=C5)C=C4)cc2)cc1. The Kier molecular flexibility index (Phi) is 10.8. The fourth-order valence-corrected chi connectivity index (χ4v) is 8.17. The minimum absolute atomic E-state index is 0.328. The minimum Gasteiger partial charge on any atom is -0.490 e. The largest absolute Gasteiger partial charge is 0.490 e. The van der Waals surface area contributed by atoms with Crippen LogP contribution in [0.3, 0.4) is 0 Å². The molecule has 2 aliphatic heterocycles. The summed E-state index contributed by atoms with van der Waals surface area (Å²) in [7, 11) is 0. The summed E-state index contributed by atoms with van der Waals surface area (Å²) in [6, 6.07) is 54.8. The van der Waals surface area contributed by atoms with E-state index in [-0.39, 0.29) is 5.97 Å². The third kappa shape index (κ3) is 8.05. The lowest BCUT2D eigenvalue weighted by atomic mass is 10.0. The molecule has 306 valence electrons. The molecule has 63 heavy (non-hydrogen) atoms. The van der Waals surface area contributed by atoms with Crippen molar-refractivity contribution in [3.63, 3.8) is 0 Å². The molecule has 0 radical (unpaired) electrons. The molecule has 0 saturated carbocycles. The number of fused-ring (bicyclic) bond motifs is 8. The smallest absolute Gasteiger partial charge is 0.338 e. The molecule has 3 aromatic heterocycles. The lowest BCUT2D eigenvalue weighted by molar-refractivity contribution is 0.0526. The summed E-state index contributed by atoms with van der Waals surface area (Å²) < 4.78 is 17.1. The maximum Gasteiger partial charge on any atom is 0.338 e. The summed E-state index contributed by atoms with van der Waals surface area (Å²) in [6.45, 7) is 2.78. The number of aromatic nitrogens is 4. The molecule has 0 atom stereocenters. The van der Waals surface area contributed by atoms with Gasteiger partial charge in [0.05, 0.1) is 34.9 Å². The van der Waals surface area contributed by atoms with Crippen LogP contribution in [0.4, 0.5) is 0 Å². The van der Waals surface area contributed by atoms with E-state index in [4.69, 9.17) is 24.2 Å². The molecule has 2 aliphatic rings. The van der Waals surface area contributed by atoms with E-state index in [1.54, 1.807) is 31.2 Å². The van der Waals surface area contributed by atoms with Crippen molar-refractivity contribution < 1.29 is 19.0 Å². The highest BCUT2D eigenvalue weighted by Gasteiger charge is 2.19. The van der Waals surface area contributed by atoms with Gasteiger partial charge in [-0.25, -0.2) is 14.8 Å². The Morgan fingerprint density at radius 3 is 1.11 bits per heavy atom. The molecule has 8 nitrogen and oxygen atoms in total. The Morgan fingerprint density at radius 1 is 0.429 bits per heavy atom. The zero-order valence-corrected chi connectivity index (χ0v) is 34.5. The molecule has 8 aromatic rings. The highest BCUT2D eigenvalue weighted by molar-refractivity contribution is 6.00. The van der Waals surface area contributed by atoms with Gasteiger partial charge < -0.3 is 24.2 Å². The van der Waals surface area contributed by atoms with Gasteiger partial charge in [-0.3, -0.25) is 0 Å². The molecule has 2 N–H and O–H groups in total. The van der Waals surface area contributed by atoms with Gasteiger partial charge in [0.25, 0.3) is 0 Å². The van der Waals surface area contributed by atoms with Crippen LogP contribution in [0.25, 0.3) is 90.9 Å². The Labute approximate surface area is 364 Å². The Morgan fingerprint density at radius 2 is 0.762 bits per heavy atom. The van der Waals surface area contributed by atoms with E-state index in [1.807, 2.05) is 30.3 Å². The maximum absolute atomic E-state index is 12.0. The number of carbonyl (C=O) groups is 1. The van der Waals surface area contributed by atoms with Gasteiger partial charge >= 0.3 is 5.97 Å². The number of esters is 1. The third-order valence-electron chi connectivity index (χ3n) is 11.1. The molecule has 0 unspecified atom stereocenters. The van der Waals surface area contributed by atoms with E-state index >= 15 is 0 Å². The fourth-order valence-electron chi connectivity index (χ4n) is 8.17. The van der Waals surface area contributed by atoms with Crippen LogP contribution in [0.5, 0.6) is 11.5 Å². The second-order valence-corrected chi connectivity index (χ2v) is 15.1. The van der Waals surface area contributed by atoms with Crippen molar-refractivity contribution in [1.29, 1.82) is 0 Å². The summed E-state index contributed by atoms with van der Waals surface area (Å²) in [5, 5.41) is 0.